The van der Waals surface area contributed by atoms with Crippen LogP contribution >= 0.6 is 0 Å². The second-order valence-electron chi connectivity index (χ2n) is 3.52. The molecule has 1 aromatic heterocycles. The molecule has 0 amide bonds. The van der Waals surface area contributed by atoms with Crippen LogP contribution in [-0.4, -0.2) is 17.1 Å². The van der Waals surface area contributed by atoms with E-state index in [9.17, 15) is 13.2 Å². The zero-order chi connectivity index (χ0) is 14.0. The smallest absolute Gasteiger partial charge is 0.225 e. The molecule has 8 heteroatoms. The molecule has 0 radical (unpaired) electrons. The highest BCUT2D eigenvalue weighted by Gasteiger charge is 2.13. The average molecular weight is 270 g/mol. The van der Waals surface area contributed by atoms with Crippen LogP contribution in [0.5, 0.6) is 5.88 Å². The lowest BCUT2D eigenvalue weighted by Crippen LogP contribution is -2.04. The third-order valence-corrected chi connectivity index (χ3v) is 2.19. The summed E-state index contributed by atoms with van der Waals surface area (Å²) in [5, 5.41) is 2.36. The molecule has 0 atom stereocenters. The van der Waals surface area contributed by atoms with E-state index in [4.69, 9.17) is 10.5 Å². The third kappa shape index (κ3) is 2.84. The Bertz CT molecular complexity index is 598. The van der Waals surface area contributed by atoms with Crippen molar-refractivity contribution >= 4 is 17.5 Å². The molecule has 100 valence electrons. The Kier molecular flexibility index (Phi) is 3.41. The molecule has 2 rings (SSSR count). The van der Waals surface area contributed by atoms with Gasteiger partial charge in [-0.2, -0.15) is 9.97 Å². The minimum absolute atomic E-state index is 0.0220. The Hall–Kier alpha value is -2.51. The summed E-state index contributed by atoms with van der Waals surface area (Å²) in [4.78, 5) is 7.44. The highest BCUT2D eigenvalue weighted by atomic mass is 19.1. The number of methoxy groups -OCH3 is 1. The van der Waals surface area contributed by atoms with Crippen LogP contribution in [0.3, 0.4) is 0 Å². The van der Waals surface area contributed by atoms with Gasteiger partial charge < -0.3 is 15.8 Å². The van der Waals surface area contributed by atoms with Gasteiger partial charge in [-0.1, -0.05) is 0 Å². The summed E-state index contributed by atoms with van der Waals surface area (Å²) in [6, 6.07) is 2.39. The minimum atomic E-state index is -1.09. The molecule has 0 aliphatic rings. The van der Waals surface area contributed by atoms with Gasteiger partial charge in [0.1, 0.15) is 17.3 Å². The van der Waals surface area contributed by atoms with E-state index in [0.717, 1.165) is 0 Å². The van der Waals surface area contributed by atoms with Crippen molar-refractivity contribution in [1.29, 1.82) is 0 Å². The molecular formula is C11H9F3N4O. The van der Waals surface area contributed by atoms with Crippen LogP contribution in [0.25, 0.3) is 0 Å². The van der Waals surface area contributed by atoms with Crippen molar-refractivity contribution in [1.82, 2.24) is 9.97 Å². The van der Waals surface area contributed by atoms with Gasteiger partial charge in [0.05, 0.1) is 7.11 Å². The van der Waals surface area contributed by atoms with E-state index in [1.165, 1.54) is 13.2 Å². The number of hydrogen-bond acceptors (Lipinski definition) is 5. The number of hydrogen-bond donors (Lipinski definition) is 2. The lowest BCUT2D eigenvalue weighted by Gasteiger charge is -2.09. The Labute approximate surface area is 106 Å². The van der Waals surface area contributed by atoms with Gasteiger partial charge >= 0.3 is 0 Å². The van der Waals surface area contributed by atoms with Crippen LogP contribution in [-0.2, 0) is 0 Å². The first-order valence-corrected chi connectivity index (χ1v) is 5.09. The molecule has 0 bridgehead atoms. The third-order valence-electron chi connectivity index (χ3n) is 2.19. The van der Waals surface area contributed by atoms with E-state index < -0.39 is 23.1 Å². The molecule has 0 spiro atoms. The van der Waals surface area contributed by atoms with Crippen LogP contribution in [0.2, 0.25) is 0 Å². The van der Waals surface area contributed by atoms with Crippen molar-refractivity contribution in [2.75, 3.05) is 18.2 Å². The highest BCUT2D eigenvalue weighted by Crippen LogP contribution is 2.25. The van der Waals surface area contributed by atoms with Gasteiger partial charge in [0.2, 0.25) is 11.8 Å². The minimum Gasteiger partial charge on any atom is -0.481 e. The number of halogens is 3. The normalized spacial score (nSPS) is 10.3. The van der Waals surface area contributed by atoms with Crippen LogP contribution in [0, 0.1) is 17.5 Å². The molecule has 2 aromatic rings. The lowest BCUT2D eigenvalue weighted by molar-refractivity contribution is 0.398. The van der Waals surface area contributed by atoms with Crippen molar-refractivity contribution in [3.8, 4) is 5.88 Å². The maximum Gasteiger partial charge on any atom is 0.225 e. The fourth-order valence-electron chi connectivity index (χ4n) is 1.40. The standard InChI is InChI=1S/C11H9F3N4O/c1-19-9-4-8(17-11(15)18-9)16-10-6(13)2-5(12)3-7(10)14/h2-4H,1H3,(H3,15,16,17,18). The van der Waals surface area contributed by atoms with Gasteiger partial charge in [-0.25, -0.2) is 13.2 Å². The van der Waals surface area contributed by atoms with Crippen LogP contribution in [0.4, 0.5) is 30.6 Å². The number of rotatable bonds is 3. The molecule has 0 aliphatic carbocycles. The first kappa shape index (κ1) is 12.9. The number of anilines is 3. The maximum atomic E-state index is 13.4. The van der Waals surface area contributed by atoms with Gasteiger partial charge in [-0.05, 0) is 0 Å². The summed E-state index contributed by atoms with van der Waals surface area (Å²) >= 11 is 0. The van der Waals surface area contributed by atoms with Gasteiger partial charge in [0, 0.05) is 18.2 Å². The van der Waals surface area contributed by atoms with Gasteiger partial charge in [0.25, 0.3) is 0 Å². The largest absolute Gasteiger partial charge is 0.481 e. The number of ether oxygens (including phenoxy) is 1. The van der Waals surface area contributed by atoms with E-state index >= 15 is 0 Å². The van der Waals surface area contributed by atoms with E-state index in [-0.39, 0.29) is 17.6 Å². The Balaban J connectivity index is 2.39. The first-order valence-electron chi connectivity index (χ1n) is 5.09. The Morgan fingerprint density at radius 1 is 1.11 bits per heavy atom. The first-order chi connectivity index (χ1) is 8.99. The number of nitrogens with one attached hydrogen (secondary N) is 1. The molecule has 0 aliphatic heterocycles. The Morgan fingerprint density at radius 2 is 1.74 bits per heavy atom. The van der Waals surface area contributed by atoms with Crippen LogP contribution < -0.4 is 15.8 Å². The van der Waals surface area contributed by atoms with Crippen LogP contribution in [0.15, 0.2) is 18.2 Å². The number of nitrogens with zero attached hydrogens (tertiary/aromatic N) is 2. The van der Waals surface area contributed by atoms with E-state index in [2.05, 4.69) is 15.3 Å². The van der Waals surface area contributed by atoms with Crippen molar-refractivity contribution < 1.29 is 17.9 Å². The maximum absolute atomic E-state index is 13.4. The molecule has 0 fully saturated rings. The zero-order valence-corrected chi connectivity index (χ0v) is 9.75. The van der Waals surface area contributed by atoms with Gasteiger partial charge in [-0.3, -0.25) is 0 Å². The predicted octanol–water partition coefficient (Wildman–Crippen LogP) is 2.23. The summed E-state index contributed by atoms with van der Waals surface area (Å²) in [7, 11) is 1.35. The fraction of sp³-hybridized carbons (Fsp3) is 0.0909. The molecule has 0 saturated heterocycles. The monoisotopic (exact) mass is 270 g/mol. The number of aromatic nitrogens is 2. The van der Waals surface area contributed by atoms with Crippen molar-refractivity contribution in [2.45, 2.75) is 0 Å². The highest BCUT2D eigenvalue weighted by molar-refractivity contribution is 5.59. The molecule has 19 heavy (non-hydrogen) atoms. The predicted molar refractivity (Wildman–Crippen MR) is 62.6 cm³/mol. The number of nitrogens with two attached hydrogens (primary N) is 1. The molecule has 5 nitrogen and oxygen atoms in total. The summed E-state index contributed by atoms with van der Waals surface area (Å²) in [5.74, 6) is -3.18. The zero-order valence-electron chi connectivity index (χ0n) is 9.75. The number of benzene rings is 1. The van der Waals surface area contributed by atoms with Gasteiger partial charge in [-0.15, -0.1) is 0 Å². The Morgan fingerprint density at radius 3 is 2.32 bits per heavy atom. The topological polar surface area (TPSA) is 73.1 Å². The van der Waals surface area contributed by atoms with E-state index in [0.29, 0.717) is 12.1 Å². The summed E-state index contributed by atoms with van der Waals surface area (Å²) < 4.78 is 44.5. The molecular weight excluding hydrogens is 261 g/mol. The molecule has 3 N–H and O–H groups in total. The summed E-state index contributed by atoms with van der Waals surface area (Å²) in [5.41, 5.74) is 4.86. The van der Waals surface area contributed by atoms with E-state index in [1.54, 1.807) is 0 Å². The van der Waals surface area contributed by atoms with Gasteiger partial charge in [0.15, 0.2) is 11.6 Å². The van der Waals surface area contributed by atoms with Crippen molar-refractivity contribution in [3.63, 3.8) is 0 Å². The van der Waals surface area contributed by atoms with Crippen LogP contribution in [0.1, 0.15) is 0 Å². The van der Waals surface area contributed by atoms with Crippen molar-refractivity contribution in [2.24, 2.45) is 0 Å². The van der Waals surface area contributed by atoms with E-state index in [1.807, 2.05) is 0 Å². The molecule has 0 unspecified atom stereocenters. The molecule has 0 saturated carbocycles. The summed E-state index contributed by atoms with van der Waals surface area (Å²) in [6.45, 7) is 0. The molecule has 1 heterocycles. The summed E-state index contributed by atoms with van der Waals surface area (Å²) in [6.07, 6.45) is 0. The molecule has 1 aromatic carbocycles. The lowest BCUT2D eigenvalue weighted by atomic mass is 10.2. The SMILES string of the molecule is COc1cc(Nc2c(F)cc(F)cc2F)nc(N)n1. The van der Waals surface area contributed by atoms with Crippen molar-refractivity contribution in [3.05, 3.63) is 35.7 Å². The number of nitrogen functional groups attached to an aromatic ring is 1. The fourth-order valence-corrected chi connectivity index (χ4v) is 1.40. The quantitative estimate of drug-likeness (QED) is 0.894. The second kappa shape index (κ2) is 5.01. The second-order valence-corrected chi connectivity index (χ2v) is 3.52. The average Bonchev–Trinajstić information content (AvgIpc) is 2.33.